The van der Waals surface area contributed by atoms with Crippen LogP contribution in [0.1, 0.15) is 42.1 Å². The zero-order valence-electron chi connectivity index (χ0n) is 23.7. The lowest BCUT2D eigenvalue weighted by Gasteiger charge is -2.41. The van der Waals surface area contributed by atoms with E-state index in [0.717, 1.165) is 15.6 Å². The maximum atomic E-state index is 14.6. The Morgan fingerprint density at radius 1 is 0.886 bits per heavy atom. The maximum absolute atomic E-state index is 14.6. The number of ketones is 1. The Hall–Kier alpha value is -3.27. The highest BCUT2D eigenvalue weighted by molar-refractivity contribution is 9.10. The van der Waals surface area contributed by atoms with Gasteiger partial charge in [-0.25, -0.2) is 8.42 Å². The fraction of sp³-hybridized carbons (Fsp3) is 0.176. The van der Waals surface area contributed by atoms with Crippen LogP contribution < -0.4 is 5.32 Å². The quantitative estimate of drug-likeness (QED) is 0.192. The molecule has 1 amide bonds. The van der Waals surface area contributed by atoms with Crippen LogP contribution in [0.15, 0.2) is 124 Å². The van der Waals surface area contributed by atoms with Crippen LogP contribution in [-0.2, 0) is 26.0 Å². The molecule has 4 aromatic carbocycles. The topological polar surface area (TPSA) is 83.6 Å². The summed E-state index contributed by atoms with van der Waals surface area (Å²) in [7, 11) is -4.23. The molecule has 10 heteroatoms. The first-order chi connectivity index (χ1) is 21.0. The average Bonchev–Trinajstić information content (AvgIpc) is 3.00. The molecule has 0 aromatic heterocycles. The molecule has 1 N–H and O–H groups in total. The first-order valence-electron chi connectivity index (χ1n) is 13.9. The van der Waals surface area contributed by atoms with Crippen molar-refractivity contribution in [2.45, 2.75) is 42.8 Å². The number of rotatable bonds is 9. The summed E-state index contributed by atoms with van der Waals surface area (Å²) < 4.78 is 31.4. The molecule has 44 heavy (non-hydrogen) atoms. The van der Waals surface area contributed by atoms with Gasteiger partial charge in [0.25, 0.3) is 0 Å². The van der Waals surface area contributed by atoms with E-state index in [4.69, 9.17) is 23.2 Å². The average molecular weight is 712 g/mol. The predicted molar refractivity (Wildman–Crippen MR) is 177 cm³/mol. The minimum atomic E-state index is -4.23. The van der Waals surface area contributed by atoms with E-state index in [0.29, 0.717) is 22.0 Å². The van der Waals surface area contributed by atoms with Crippen molar-refractivity contribution in [2.24, 2.45) is 0 Å². The van der Waals surface area contributed by atoms with Crippen LogP contribution in [0.5, 0.6) is 0 Å². The molecular weight excluding hydrogens is 683 g/mol. The number of sulfonamides is 1. The second kappa shape index (κ2) is 13.8. The van der Waals surface area contributed by atoms with Gasteiger partial charge in [0.1, 0.15) is 0 Å². The van der Waals surface area contributed by atoms with Gasteiger partial charge in [0.15, 0.2) is 5.78 Å². The third-order valence-electron chi connectivity index (χ3n) is 7.55. The standard InChI is InChI=1S/C34H29BrCl2N2O4S/c1-22(40)31(19-23-7-3-2-4-8-23)38-34(41)30-17-18-32(24-9-5-11-26(35)20-24)39(33(30)25-10-6-12-28(37)21-25)44(42,43)29-15-13-27(36)14-16-29/h2-17,20-21,31-33H,18-19H2,1H3,(H,38,41)/t31-,32?,33-/m0/s1. The minimum Gasteiger partial charge on any atom is -0.342 e. The Morgan fingerprint density at radius 3 is 2.23 bits per heavy atom. The smallest absolute Gasteiger partial charge is 0.249 e. The number of hydrogen-bond acceptors (Lipinski definition) is 4. The van der Waals surface area contributed by atoms with Crippen LogP contribution >= 0.6 is 39.1 Å². The van der Waals surface area contributed by atoms with Crippen molar-refractivity contribution in [3.8, 4) is 0 Å². The van der Waals surface area contributed by atoms with E-state index in [9.17, 15) is 18.0 Å². The van der Waals surface area contributed by atoms with Crippen LogP contribution in [0.3, 0.4) is 0 Å². The molecule has 0 bridgehead atoms. The largest absolute Gasteiger partial charge is 0.342 e. The lowest BCUT2D eigenvalue weighted by atomic mass is 9.88. The highest BCUT2D eigenvalue weighted by Gasteiger charge is 2.45. The minimum absolute atomic E-state index is 0.0290. The molecule has 1 unspecified atom stereocenters. The monoisotopic (exact) mass is 710 g/mol. The zero-order valence-corrected chi connectivity index (χ0v) is 27.6. The van der Waals surface area contributed by atoms with E-state index in [1.165, 1.54) is 35.5 Å². The number of carbonyl (C=O) groups is 2. The van der Waals surface area contributed by atoms with Gasteiger partial charge in [-0.2, -0.15) is 4.31 Å². The third kappa shape index (κ3) is 7.16. The SMILES string of the molecule is CC(=O)[C@H](Cc1ccccc1)NC(=O)C1=CCC(c2cccc(Br)c2)N(S(=O)(=O)c2ccc(Cl)cc2)[C@H]1c1cccc(Cl)c1. The van der Waals surface area contributed by atoms with Gasteiger partial charge in [0.05, 0.1) is 23.0 Å². The molecule has 1 aliphatic heterocycles. The summed E-state index contributed by atoms with van der Waals surface area (Å²) in [6.07, 6.45) is 2.27. The molecule has 0 aliphatic carbocycles. The summed E-state index contributed by atoms with van der Waals surface area (Å²) >= 11 is 16.0. The number of nitrogens with zero attached hydrogens (tertiary/aromatic N) is 1. The van der Waals surface area contributed by atoms with Gasteiger partial charge in [0.2, 0.25) is 15.9 Å². The zero-order chi connectivity index (χ0) is 31.4. The summed E-state index contributed by atoms with van der Waals surface area (Å²) in [5.41, 5.74) is 2.35. The Bertz CT molecular complexity index is 1810. The van der Waals surface area contributed by atoms with Crippen LogP contribution in [-0.4, -0.2) is 30.5 Å². The molecule has 0 radical (unpaired) electrons. The summed E-state index contributed by atoms with van der Waals surface area (Å²) in [4.78, 5) is 26.8. The van der Waals surface area contributed by atoms with Gasteiger partial charge in [-0.05, 0) is 85.0 Å². The Kier molecular flexibility index (Phi) is 10.1. The summed E-state index contributed by atoms with van der Waals surface area (Å²) in [5, 5.41) is 3.68. The van der Waals surface area contributed by atoms with Crippen molar-refractivity contribution in [3.63, 3.8) is 0 Å². The van der Waals surface area contributed by atoms with Crippen molar-refractivity contribution in [1.29, 1.82) is 0 Å². The maximum Gasteiger partial charge on any atom is 0.249 e. The van der Waals surface area contributed by atoms with Gasteiger partial charge in [-0.15, -0.1) is 0 Å². The van der Waals surface area contributed by atoms with Gasteiger partial charge < -0.3 is 5.32 Å². The van der Waals surface area contributed by atoms with Crippen LogP contribution in [0.25, 0.3) is 0 Å². The lowest BCUT2D eigenvalue weighted by molar-refractivity contribution is -0.125. The van der Waals surface area contributed by atoms with Gasteiger partial charge >= 0.3 is 0 Å². The van der Waals surface area contributed by atoms with Crippen LogP contribution in [0.2, 0.25) is 10.0 Å². The summed E-state index contributed by atoms with van der Waals surface area (Å²) in [6, 6.07) is 27.1. The lowest BCUT2D eigenvalue weighted by Crippen LogP contribution is -2.47. The highest BCUT2D eigenvalue weighted by Crippen LogP contribution is 2.46. The van der Waals surface area contributed by atoms with E-state index >= 15 is 0 Å². The Labute approximate surface area is 275 Å². The van der Waals surface area contributed by atoms with E-state index in [1.54, 1.807) is 30.3 Å². The van der Waals surface area contributed by atoms with Crippen molar-refractivity contribution in [1.82, 2.24) is 9.62 Å². The number of hydrogen-bond donors (Lipinski definition) is 1. The van der Waals surface area contributed by atoms with Crippen molar-refractivity contribution in [3.05, 3.63) is 146 Å². The molecule has 4 aromatic rings. The molecule has 0 spiro atoms. The van der Waals surface area contributed by atoms with E-state index < -0.39 is 34.1 Å². The fourth-order valence-corrected chi connectivity index (χ4v) is 7.93. The van der Waals surface area contributed by atoms with E-state index in [2.05, 4.69) is 21.2 Å². The van der Waals surface area contributed by atoms with Crippen molar-refractivity contribution in [2.75, 3.05) is 0 Å². The molecule has 0 saturated heterocycles. The number of halogens is 3. The fourth-order valence-electron chi connectivity index (χ4n) is 5.41. The normalized spacial score (nSPS) is 17.9. The van der Waals surface area contributed by atoms with Gasteiger partial charge in [0, 0.05) is 20.1 Å². The second-order valence-corrected chi connectivity index (χ2v) is 14.2. The summed E-state index contributed by atoms with van der Waals surface area (Å²) in [6.45, 7) is 1.43. The Morgan fingerprint density at radius 2 is 1.57 bits per heavy atom. The highest BCUT2D eigenvalue weighted by atomic mass is 79.9. The van der Waals surface area contributed by atoms with Crippen LogP contribution in [0.4, 0.5) is 0 Å². The predicted octanol–water partition coefficient (Wildman–Crippen LogP) is 7.88. The molecular formula is C34H29BrCl2N2O4S. The van der Waals surface area contributed by atoms with Crippen molar-refractivity contribution >= 4 is 60.8 Å². The number of carbonyl (C=O) groups excluding carboxylic acids is 2. The second-order valence-electron chi connectivity index (χ2n) is 10.5. The molecule has 226 valence electrons. The molecule has 1 aliphatic rings. The van der Waals surface area contributed by atoms with E-state index in [-0.39, 0.29) is 22.7 Å². The molecule has 0 saturated carbocycles. The number of benzene rings is 4. The number of nitrogens with one attached hydrogen (secondary N) is 1. The van der Waals surface area contributed by atoms with Gasteiger partial charge in [-0.1, -0.05) is 99.8 Å². The number of Topliss-reactive ketones (excluding diaryl/α,β-unsaturated/α-hetero) is 1. The molecule has 3 atom stereocenters. The number of amides is 1. The van der Waals surface area contributed by atoms with Gasteiger partial charge in [-0.3, -0.25) is 9.59 Å². The first kappa shape index (κ1) is 32.1. The molecule has 6 nitrogen and oxygen atoms in total. The third-order valence-corrected chi connectivity index (χ3v) is 10.4. The van der Waals surface area contributed by atoms with E-state index in [1.807, 2.05) is 54.6 Å². The van der Waals surface area contributed by atoms with Crippen molar-refractivity contribution < 1.29 is 18.0 Å². The molecule has 5 rings (SSSR count). The first-order valence-corrected chi connectivity index (χ1v) is 16.9. The Balaban J connectivity index is 1.65. The van der Waals surface area contributed by atoms with Crippen LogP contribution in [0, 0.1) is 0 Å². The molecule has 0 fully saturated rings. The molecule has 1 heterocycles. The summed E-state index contributed by atoms with van der Waals surface area (Å²) in [5.74, 6) is -0.745.